The van der Waals surface area contributed by atoms with E-state index in [1.54, 1.807) is 18.5 Å². The van der Waals surface area contributed by atoms with Crippen LogP contribution in [0.3, 0.4) is 0 Å². The number of nitrogens with one attached hydrogen (secondary N) is 1. The SMILES string of the molecule is Fc1cccc(-c2[nH]ncc2CN2CCc3nc(-c4cncnc4)ncc3C2)c1. The van der Waals surface area contributed by atoms with Crippen LogP contribution >= 0.6 is 0 Å². The van der Waals surface area contributed by atoms with Crippen LogP contribution in [0.4, 0.5) is 4.39 Å². The largest absolute Gasteiger partial charge is 0.294 e. The maximum Gasteiger partial charge on any atom is 0.162 e. The molecule has 0 saturated carbocycles. The molecule has 0 bridgehead atoms. The first-order chi connectivity index (χ1) is 14.3. The standard InChI is InChI=1S/C21H18FN7/c22-18-3-1-2-14(6-18)20-17(10-26-28-20)12-29-5-4-19-16(11-29)9-25-21(27-19)15-7-23-13-24-8-15/h1-3,6-10,13H,4-5,11-12H2,(H,26,28). The maximum absolute atomic E-state index is 13.6. The Kier molecular flexibility index (Phi) is 4.53. The molecule has 1 N–H and O–H groups in total. The van der Waals surface area contributed by atoms with Crippen molar-refractivity contribution in [2.75, 3.05) is 6.54 Å². The zero-order valence-electron chi connectivity index (χ0n) is 15.6. The van der Waals surface area contributed by atoms with Crippen molar-refractivity contribution in [2.24, 2.45) is 0 Å². The van der Waals surface area contributed by atoms with Crippen LogP contribution in [0, 0.1) is 5.82 Å². The Morgan fingerprint density at radius 1 is 1.07 bits per heavy atom. The monoisotopic (exact) mass is 387 g/mol. The van der Waals surface area contributed by atoms with Crippen molar-refractivity contribution in [1.82, 2.24) is 35.0 Å². The van der Waals surface area contributed by atoms with E-state index in [-0.39, 0.29) is 5.82 Å². The molecular weight excluding hydrogens is 369 g/mol. The summed E-state index contributed by atoms with van der Waals surface area (Å²) in [6, 6.07) is 6.55. The van der Waals surface area contributed by atoms with Crippen molar-refractivity contribution < 1.29 is 4.39 Å². The molecule has 0 radical (unpaired) electrons. The number of halogens is 1. The number of rotatable bonds is 4. The van der Waals surface area contributed by atoms with Gasteiger partial charge in [0, 0.05) is 61.3 Å². The molecule has 3 aromatic heterocycles. The molecule has 0 unspecified atom stereocenters. The Morgan fingerprint density at radius 3 is 2.83 bits per heavy atom. The lowest BCUT2D eigenvalue weighted by Crippen LogP contribution is -2.31. The minimum Gasteiger partial charge on any atom is -0.294 e. The van der Waals surface area contributed by atoms with Crippen LogP contribution in [0.1, 0.15) is 16.8 Å². The smallest absolute Gasteiger partial charge is 0.162 e. The average molecular weight is 387 g/mol. The van der Waals surface area contributed by atoms with Gasteiger partial charge in [-0.2, -0.15) is 5.10 Å². The summed E-state index contributed by atoms with van der Waals surface area (Å²) in [4.78, 5) is 19.6. The van der Waals surface area contributed by atoms with Gasteiger partial charge in [-0.05, 0) is 12.1 Å². The molecule has 4 heterocycles. The quantitative estimate of drug-likeness (QED) is 0.580. The second-order valence-electron chi connectivity index (χ2n) is 7.03. The van der Waals surface area contributed by atoms with Gasteiger partial charge in [-0.25, -0.2) is 24.3 Å². The summed E-state index contributed by atoms with van der Waals surface area (Å²) in [5, 5.41) is 7.18. The van der Waals surface area contributed by atoms with E-state index in [1.807, 2.05) is 18.5 Å². The summed E-state index contributed by atoms with van der Waals surface area (Å²) in [6.45, 7) is 2.35. The van der Waals surface area contributed by atoms with E-state index in [1.165, 1.54) is 18.5 Å². The zero-order valence-corrected chi connectivity index (χ0v) is 15.6. The summed E-state index contributed by atoms with van der Waals surface area (Å²) in [5.41, 5.74) is 5.69. The van der Waals surface area contributed by atoms with E-state index >= 15 is 0 Å². The number of aromatic amines is 1. The van der Waals surface area contributed by atoms with E-state index in [0.29, 0.717) is 5.82 Å². The number of fused-ring (bicyclic) bond motifs is 1. The molecule has 1 aliphatic rings. The van der Waals surface area contributed by atoms with Crippen LogP contribution < -0.4 is 0 Å². The molecule has 7 nitrogen and oxygen atoms in total. The van der Waals surface area contributed by atoms with Crippen molar-refractivity contribution in [1.29, 1.82) is 0 Å². The molecule has 8 heteroatoms. The van der Waals surface area contributed by atoms with Crippen LogP contribution in [-0.2, 0) is 19.5 Å². The summed E-state index contributed by atoms with van der Waals surface area (Å²) in [6.07, 6.45) is 9.47. The number of hydrogen-bond acceptors (Lipinski definition) is 6. The van der Waals surface area contributed by atoms with Crippen LogP contribution in [0.25, 0.3) is 22.6 Å². The Labute approximate surface area is 166 Å². The van der Waals surface area contributed by atoms with Gasteiger partial charge < -0.3 is 0 Å². The van der Waals surface area contributed by atoms with Gasteiger partial charge in [0.2, 0.25) is 0 Å². The van der Waals surface area contributed by atoms with Gasteiger partial charge in [0.05, 0.1) is 23.1 Å². The first kappa shape index (κ1) is 17.6. The van der Waals surface area contributed by atoms with Crippen molar-refractivity contribution in [3.63, 3.8) is 0 Å². The first-order valence-corrected chi connectivity index (χ1v) is 9.37. The summed E-state index contributed by atoms with van der Waals surface area (Å²) in [5.74, 6) is 0.396. The highest BCUT2D eigenvalue weighted by atomic mass is 19.1. The molecule has 0 spiro atoms. The second-order valence-corrected chi connectivity index (χ2v) is 7.03. The predicted octanol–water partition coefficient (Wildman–Crippen LogP) is 3.02. The Morgan fingerprint density at radius 2 is 1.97 bits per heavy atom. The van der Waals surface area contributed by atoms with E-state index in [2.05, 4.69) is 30.0 Å². The van der Waals surface area contributed by atoms with Gasteiger partial charge in [-0.3, -0.25) is 10.00 Å². The van der Waals surface area contributed by atoms with Crippen LogP contribution in [0.15, 0.2) is 55.4 Å². The van der Waals surface area contributed by atoms with Crippen molar-refractivity contribution >= 4 is 0 Å². The van der Waals surface area contributed by atoms with Gasteiger partial charge >= 0.3 is 0 Å². The van der Waals surface area contributed by atoms with Gasteiger partial charge in [0.25, 0.3) is 0 Å². The fourth-order valence-corrected chi connectivity index (χ4v) is 3.63. The number of aromatic nitrogens is 6. The third-order valence-corrected chi connectivity index (χ3v) is 5.06. The highest BCUT2D eigenvalue weighted by Crippen LogP contribution is 2.26. The third kappa shape index (κ3) is 3.62. The molecule has 0 atom stereocenters. The maximum atomic E-state index is 13.6. The predicted molar refractivity (Wildman–Crippen MR) is 105 cm³/mol. The van der Waals surface area contributed by atoms with Crippen molar-refractivity contribution in [3.8, 4) is 22.6 Å². The molecular formula is C21H18FN7. The van der Waals surface area contributed by atoms with E-state index in [9.17, 15) is 4.39 Å². The van der Waals surface area contributed by atoms with Gasteiger partial charge in [-0.15, -0.1) is 0 Å². The second kappa shape index (κ2) is 7.48. The zero-order chi connectivity index (χ0) is 19.6. The fraction of sp³-hybridized carbons (Fsp3) is 0.190. The number of nitrogens with zero attached hydrogens (tertiary/aromatic N) is 6. The van der Waals surface area contributed by atoms with Crippen molar-refractivity contribution in [3.05, 3.63) is 78.0 Å². The molecule has 0 saturated heterocycles. The Bertz CT molecular complexity index is 1140. The fourth-order valence-electron chi connectivity index (χ4n) is 3.63. The highest BCUT2D eigenvalue weighted by molar-refractivity contribution is 5.62. The number of hydrogen-bond donors (Lipinski definition) is 1. The van der Waals surface area contributed by atoms with Crippen molar-refractivity contribution in [2.45, 2.75) is 19.5 Å². The third-order valence-electron chi connectivity index (χ3n) is 5.06. The Balaban J connectivity index is 1.34. The molecule has 0 fully saturated rings. The molecule has 1 aromatic carbocycles. The lowest BCUT2D eigenvalue weighted by Gasteiger charge is -2.28. The minimum atomic E-state index is -0.258. The van der Waals surface area contributed by atoms with E-state index < -0.39 is 0 Å². The lowest BCUT2D eigenvalue weighted by atomic mass is 10.0. The number of H-pyrrole nitrogens is 1. The molecule has 1 aliphatic heterocycles. The van der Waals surface area contributed by atoms with Gasteiger partial charge in [0.1, 0.15) is 12.1 Å². The minimum absolute atomic E-state index is 0.258. The number of benzene rings is 1. The molecule has 5 rings (SSSR count). The molecule has 29 heavy (non-hydrogen) atoms. The molecule has 144 valence electrons. The summed E-state index contributed by atoms with van der Waals surface area (Å²) in [7, 11) is 0. The molecule has 0 aliphatic carbocycles. The lowest BCUT2D eigenvalue weighted by molar-refractivity contribution is 0.243. The van der Waals surface area contributed by atoms with Crippen LogP contribution in [0.2, 0.25) is 0 Å². The van der Waals surface area contributed by atoms with E-state index in [4.69, 9.17) is 4.98 Å². The molecule has 0 amide bonds. The van der Waals surface area contributed by atoms with Crippen LogP contribution in [0.5, 0.6) is 0 Å². The van der Waals surface area contributed by atoms with Crippen LogP contribution in [-0.4, -0.2) is 41.6 Å². The van der Waals surface area contributed by atoms with E-state index in [0.717, 1.165) is 59.7 Å². The summed E-state index contributed by atoms with van der Waals surface area (Å²) >= 11 is 0. The van der Waals surface area contributed by atoms with Gasteiger partial charge in [-0.1, -0.05) is 12.1 Å². The molecule has 4 aromatic rings. The highest BCUT2D eigenvalue weighted by Gasteiger charge is 2.21. The average Bonchev–Trinajstić information content (AvgIpc) is 3.22. The normalized spacial score (nSPS) is 14.0. The summed E-state index contributed by atoms with van der Waals surface area (Å²) < 4.78 is 13.6. The van der Waals surface area contributed by atoms with Gasteiger partial charge in [0.15, 0.2) is 5.82 Å². The first-order valence-electron chi connectivity index (χ1n) is 9.37. The Hall–Kier alpha value is -3.52. The topological polar surface area (TPSA) is 83.5 Å².